The maximum absolute atomic E-state index is 12.7. The van der Waals surface area contributed by atoms with Gasteiger partial charge in [0.25, 0.3) is 5.91 Å². The standard InChI is InChI=1S/C21H20N2O4S2/c1-13(24)14-3-5-15(6-4-14)20(25)22-21-23(7-10-28-2)16-11-17-18(12-19(16)29-21)27-9-8-26-17/h3-6,11-12H,7-10H2,1-2H3. The number of thiazole rings is 1. The Morgan fingerprint density at radius 1 is 1.10 bits per heavy atom. The third-order valence-electron chi connectivity index (χ3n) is 4.60. The number of benzene rings is 2. The molecule has 1 aliphatic heterocycles. The smallest absolute Gasteiger partial charge is 0.279 e. The van der Waals surface area contributed by atoms with E-state index in [4.69, 9.17) is 9.47 Å². The van der Waals surface area contributed by atoms with Crippen LogP contribution in [0, 0.1) is 0 Å². The number of aryl methyl sites for hydroxylation is 1. The van der Waals surface area contributed by atoms with Crippen molar-refractivity contribution in [2.24, 2.45) is 4.99 Å². The van der Waals surface area contributed by atoms with E-state index in [2.05, 4.69) is 9.56 Å². The van der Waals surface area contributed by atoms with Gasteiger partial charge in [0.15, 0.2) is 22.1 Å². The lowest BCUT2D eigenvalue weighted by Crippen LogP contribution is -2.18. The summed E-state index contributed by atoms with van der Waals surface area (Å²) in [6.07, 6.45) is 2.05. The molecule has 0 N–H and O–H groups in total. The van der Waals surface area contributed by atoms with Crippen molar-refractivity contribution in [1.29, 1.82) is 0 Å². The highest BCUT2D eigenvalue weighted by atomic mass is 32.2. The SMILES string of the molecule is CSCCn1c(=NC(=O)c2ccc(C(C)=O)cc2)sc2cc3c(cc21)OCCO3. The summed E-state index contributed by atoms with van der Waals surface area (Å²) in [5, 5.41) is 0. The van der Waals surface area contributed by atoms with Gasteiger partial charge in [-0.25, -0.2) is 0 Å². The second-order valence-corrected chi connectivity index (χ2v) is 8.54. The van der Waals surface area contributed by atoms with Gasteiger partial charge in [-0.1, -0.05) is 23.5 Å². The molecular formula is C21H20N2O4S2. The van der Waals surface area contributed by atoms with E-state index in [0.717, 1.165) is 34.0 Å². The largest absolute Gasteiger partial charge is 0.486 e. The predicted octanol–water partition coefficient (Wildman–Crippen LogP) is 3.78. The number of ether oxygens (including phenoxy) is 2. The third-order valence-corrected chi connectivity index (χ3v) is 6.23. The van der Waals surface area contributed by atoms with Gasteiger partial charge in [0.05, 0.1) is 10.2 Å². The highest BCUT2D eigenvalue weighted by molar-refractivity contribution is 7.98. The number of thioether (sulfide) groups is 1. The van der Waals surface area contributed by atoms with Gasteiger partial charge in [-0.05, 0) is 25.3 Å². The van der Waals surface area contributed by atoms with E-state index >= 15 is 0 Å². The molecule has 1 aliphatic rings. The molecule has 0 saturated heterocycles. The predicted molar refractivity (Wildman–Crippen MR) is 116 cm³/mol. The molecule has 3 aromatic rings. The highest BCUT2D eigenvalue weighted by Gasteiger charge is 2.17. The minimum Gasteiger partial charge on any atom is -0.486 e. The van der Waals surface area contributed by atoms with E-state index in [1.165, 1.54) is 18.3 Å². The molecule has 0 unspecified atom stereocenters. The molecule has 2 heterocycles. The molecule has 29 heavy (non-hydrogen) atoms. The Labute approximate surface area is 176 Å². The average Bonchev–Trinajstić information content (AvgIpc) is 3.06. The van der Waals surface area contributed by atoms with Gasteiger partial charge in [0, 0.05) is 35.6 Å². The Morgan fingerprint density at radius 2 is 1.76 bits per heavy atom. The zero-order valence-corrected chi connectivity index (χ0v) is 17.8. The number of ketones is 1. The Hall–Kier alpha value is -2.58. The highest BCUT2D eigenvalue weighted by Crippen LogP contribution is 2.35. The number of carbonyl (C=O) groups excluding carboxylic acids is 2. The number of fused-ring (bicyclic) bond motifs is 2. The first-order chi connectivity index (χ1) is 14.1. The Balaban J connectivity index is 1.78. The molecule has 150 valence electrons. The lowest BCUT2D eigenvalue weighted by molar-refractivity contribution is 0.0991. The minimum atomic E-state index is -0.332. The van der Waals surface area contributed by atoms with Crippen LogP contribution >= 0.6 is 23.1 Å². The van der Waals surface area contributed by atoms with Crippen LogP contribution in [0.2, 0.25) is 0 Å². The van der Waals surface area contributed by atoms with Crippen LogP contribution in [0.3, 0.4) is 0 Å². The van der Waals surface area contributed by atoms with Crippen molar-refractivity contribution >= 4 is 45.0 Å². The van der Waals surface area contributed by atoms with E-state index in [9.17, 15) is 9.59 Å². The van der Waals surface area contributed by atoms with Crippen molar-refractivity contribution in [3.63, 3.8) is 0 Å². The van der Waals surface area contributed by atoms with Crippen LogP contribution in [-0.4, -0.2) is 41.5 Å². The molecule has 6 nitrogen and oxygen atoms in total. The first-order valence-corrected chi connectivity index (χ1v) is 11.4. The molecule has 8 heteroatoms. The molecule has 0 bridgehead atoms. The summed E-state index contributed by atoms with van der Waals surface area (Å²) in [7, 11) is 0. The molecule has 4 rings (SSSR count). The second kappa shape index (κ2) is 8.42. The van der Waals surface area contributed by atoms with Crippen LogP contribution in [0.4, 0.5) is 0 Å². The summed E-state index contributed by atoms with van der Waals surface area (Å²) in [5.41, 5.74) is 2.01. The summed E-state index contributed by atoms with van der Waals surface area (Å²) in [5.74, 6) is 1.97. The van der Waals surface area contributed by atoms with Gasteiger partial charge in [-0.2, -0.15) is 16.8 Å². The normalized spacial score (nSPS) is 13.7. The molecule has 0 atom stereocenters. The quantitative estimate of drug-likeness (QED) is 0.579. The van der Waals surface area contributed by atoms with Gasteiger partial charge >= 0.3 is 0 Å². The van der Waals surface area contributed by atoms with Crippen LogP contribution < -0.4 is 14.3 Å². The third kappa shape index (κ3) is 4.09. The minimum absolute atomic E-state index is 0.0336. The fourth-order valence-electron chi connectivity index (χ4n) is 3.09. The van der Waals surface area contributed by atoms with Crippen molar-refractivity contribution < 1.29 is 19.1 Å². The number of amides is 1. The number of Topliss-reactive ketones (excluding diaryl/α,β-unsaturated/α-hetero) is 1. The Bertz CT molecular complexity index is 1150. The maximum Gasteiger partial charge on any atom is 0.279 e. The topological polar surface area (TPSA) is 69.9 Å². The molecule has 0 radical (unpaired) electrons. The van der Waals surface area contributed by atoms with Gasteiger partial charge in [0.2, 0.25) is 0 Å². The molecule has 2 aromatic carbocycles. The molecule has 0 aliphatic carbocycles. The van der Waals surface area contributed by atoms with Gasteiger partial charge in [0.1, 0.15) is 13.2 Å². The average molecular weight is 429 g/mol. The summed E-state index contributed by atoms with van der Waals surface area (Å²) < 4.78 is 14.4. The molecule has 0 saturated carbocycles. The fourth-order valence-corrected chi connectivity index (χ4v) is 4.52. The van der Waals surface area contributed by atoms with Crippen LogP contribution in [0.1, 0.15) is 27.6 Å². The summed E-state index contributed by atoms with van der Waals surface area (Å²) in [4.78, 5) is 29.2. The number of nitrogens with zero attached hydrogens (tertiary/aromatic N) is 2. The number of aromatic nitrogens is 1. The van der Waals surface area contributed by atoms with Crippen molar-refractivity contribution in [3.05, 3.63) is 52.3 Å². The number of hydrogen-bond donors (Lipinski definition) is 0. The van der Waals surface area contributed by atoms with Crippen LogP contribution in [-0.2, 0) is 6.54 Å². The van der Waals surface area contributed by atoms with E-state index in [1.54, 1.807) is 36.0 Å². The van der Waals surface area contributed by atoms with Gasteiger partial charge in [-0.3, -0.25) is 9.59 Å². The van der Waals surface area contributed by atoms with Crippen LogP contribution in [0.25, 0.3) is 10.2 Å². The maximum atomic E-state index is 12.7. The Morgan fingerprint density at radius 3 is 2.41 bits per heavy atom. The monoisotopic (exact) mass is 428 g/mol. The van der Waals surface area contributed by atoms with Crippen molar-refractivity contribution in [2.75, 3.05) is 25.2 Å². The molecule has 0 spiro atoms. The summed E-state index contributed by atoms with van der Waals surface area (Å²) in [6.45, 7) is 3.29. The van der Waals surface area contributed by atoms with E-state index in [0.29, 0.717) is 29.1 Å². The van der Waals surface area contributed by atoms with E-state index in [-0.39, 0.29) is 11.7 Å². The van der Waals surface area contributed by atoms with E-state index in [1.807, 2.05) is 18.4 Å². The van der Waals surface area contributed by atoms with Crippen molar-refractivity contribution in [3.8, 4) is 11.5 Å². The summed E-state index contributed by atoms with van der Waals surface area (Å²) >= 11 is 3.19. The number of rotatable bonds is 5. The number of carbonyl (C=O) groups is 2. The first-order valence-electron chi connectivity index (χ1n) is 9.19. The lowest BCUT2D eigenvalue weighted by atomic mass is 10.1. The second-order valence-electron chi connectivity index (χ2n) is 6.54. The molecule has 1 aromatic heterocycles. The van der Waals surface area contributed by atoms with Crippen molar-refractivity contribution in [1.82, 2.24) is 4.57 Å². The summed E-state index contributed by atoms with van der Waals surface area (Å²) in [6, 6.07) is 10.5. The van der Waals surface area contributed by atoms with Gasteiger partial charge < -0.3 is 14.0 Å². The zero-order chi connectivity index (χ0) is 20.4. The Kier molecular flexibility index (Phi) is 5.73. The van der Waals surface area contributed by atoms with Crippen LogP contribution in [0.5, 0.6) is 11.5 Å². The van der Waals surface area contributed by atoms with Crippen molar-refractivity contribution in [2.45, 2.75) is 13.5 Å². The lowest BCUT2D eigenvalue weighted by Gasteiger charge is -2.18. The number of hydrogen-bond acceptors (Lipinski definition) is 6. The first kappa shape index (κ1) is 19.7. The van der Waals surface area contributed by atoms with Gasteiger partial charge in [-0.15, -0.1) is 0 Å². The van der Waals surface area contributed by atoms with Crippen LogP contribution in [0.15, 0.2) is 41.4 Å². The molecular weight excluding hydrogens is 408 g/mol. The van der Waals surface area contributed by atoms with E-state index < -0.39 is 0 Å². The molecule has 0 fully saturated rings. The fraction of sp³-hybridized carbons (Fsp3) is 0.286. The zero-order valence-electron chi connectivity index (χ0n) is 16.1. The molecule has 1 amide bonds.